The lowest BCUT2D eigenvalue weighted by atomic mass is 9.83. The minimum atomic E-state index is -0.0553. The van der Waals surface area contributed by atoms with Crippen molar-refractivity contribution in [3.8, 4) is 0 Å². The summed E-state index contributed by atoms with van der Waals surface area (Å²) in [5.74, 6) is 0.0533. The van der Waals surface area contributed by atoms with E-state index in [0.29, 0.717) is 12.0 Å². The highest BCUT2D eigenvalue weighted by Crippen LogP contribution is 2.40. The first-order valence-corrected chi connectivity index (χ1v) is 6.11. The summed E-state index contributed by atoms with van der Waals surface area (Å²) in [6.07, 6.45) is 6.33. The van der Waals surface area contributed by atoms with Crippen molar-refractivity contribution in [2.75, 3.05) is 13.1 Å². The molecule has 1 atom stereocenters. The Hall–Kier alpha value is -0.570. The van der Waals surface area contributed by atoms with Crippen molar-refractivity contribution in [1.82, 2.24) is 5.32 Å². The standard InChI is InChI=1S/C12H24N2O/c1-3-12(6-4-5-7-12)9-14-11(15)10(2)8-13/h10H,3-9,13H2,1-2H3,(H,14,15). The van der Waals surface area contributed by atoms with Crippen LogP contribution >= 0.6 is 0 Å². The van der Waals surface area contributed by atoms with Gasteiger partial charge in [-0.1, -0.05) is 26.7 Å². The highest BCUT2D eigenvalue weighted by Gasteiger charge is 2.32. The molecule has 1 aliphatic rings. The predicted octanol–water partition coefficient (Wildman–Crippen LogP) is 1.67. The fraction of sp³-hybridized carbons (Fsp3) is 0.917. The maximum Gasteiger partial charge on any atom is 0.224 e. The van der Waals surface area contributed by atoms with E-state index in [0.717, 1.165) is 6.54 Å². The van der Waals surface area contributed by atoms with Crippen LogP contribution in [0.15, 0.2) is 0 Å². The molecule has 0 aliphatic heterocycles. The predicted molar refractivity (Wildman–Crippen MR) is 62.4 cm³/mol. The molecule has 15 heavy (non-hydrogen) atoms. The maximum atomic E-state index is 11.6. The minimum absolute atomic E-state index is 0.0553. The van der Waals surface area contributed by atoms with E-state index in [4.69, 9.17) is 5.73 Å². The third-order valence-electron chi connectivity index (χ3n) is 3.85. The Kier molecular flexibility index (Phi) is 4.58. The van der Waals surface area contributed by atoms with Gasteiger partial charge in [-0.3, -0.25) is 4.79 Å². The number of nitrogens with two attached hydrogens (primary N) is 1. The van der Waals surface area contributed by atoms with Gasteiger partial charge in [-0.2, -0.15) is 0 Å². The summed E-state index contributed by atoms with van der Waals surface area (Å²) < 4.78 is 0. The smallest absolute Gasteiger partial charge is 0.224 e. The van der Waals surface area contributed by atoms with Crippen LogP contribution in [0.2, 0.25) is 0 Å². The molecule has 1 rings (SSSR count). The van der Waals surface area contributed by atoms with E-state index in [9.17, 15) is 4.79 Å². The van der Waals surface area contributed by atoms with Gasteiger partial charge in [0.05, 0.1) is 0 Å². The molecule has 1 aliphatic carbocycles. The van der Waals surface area contributed by atoms with Crippen LogP contribution in [0.5, 0.6) is 0 Å². The quantitative estimate of drug-likeness (QED) is 0.728. The highest BCUT2D eigenvalue weighted by atomic mass is 16.1. The first-order valence-electron chi connectivity index (χ1n) is 6.11. The molecule has 0 aromatic carbocycles. The van der Waals surface area contributed by atoms with E-state index in [2.05, 4.69) is 12.2 Å². The lowest BCUT2D eigenvalue weighted by Crippen LogP contribution is -2.40. The number of carbonyl (C=O) groups excluding carboxylic acids is 1. The van der Waals surface area contributed by atoms with Crippen molar-refractivity contribution >= 4 is 5.91 Å². The third kappa shape index (κ3) is 3.20. The number of carbonyl (C=O) groups is 1. The number of nitrogens with one attached hydrogen (secondary N) is 1. The minimum Gasteiger partial charge on any atom is -0.355 e. The van der Waals surface area contributed by atoms with Crippen LogP contribution in [0.3, 0.4) is 0 Å². The number of hydrogen-bond donors (Lipinski definition) is 2. The highest BCUT2D eigenvalue weighted by molar-refractivity contribution is 5.78. The van der Waals surface area contributed by atoms with E-state index < -0.39 is 0 Å². The summed E-state index contributed by atoms with van der Waals surface area (Å²) in [6.45, 7) is 5.38. The first kappa shape index (κ1) is 12.5. The molecular weight excluding hydrogens is 188 g/mol. The van der Waals surface area contributed by atoms with E-state index in [-0.39, 0.29) is 11.8 Å². The number of rotatable bonds is 5. The van der Waals surface area contributed by atoms with Crippen LogP contribution < -0.4 is 11.1 Å². The molecule has 3 nitrogen and oxygen atoms in total. The van der Waals surface area contributed by atoms with Crippen LogP contribution in [0.1, 0.15) is 46.0 Å². The number of amides is 1. The lowest BCUT2D eigenvalue weighted by molar-refractivity contribution is -0.124. The molecule has 0 saturated heterocycles. The van der Waals surface area contributed by atoms with E-state index in [1.54, 1.807) is 0 Å². The average molecular weight is 212 g/mol. The van der Waals surface area contributed by atoms with Gasteiger partial charge in [-0.15, -0.1) is 0 Å². The van der Waals surface area contributed by atoms with Crippen LogP contribution in [0.4, 0.5) is 0 Å². The van der Waals surface area contributed by atoms with Crippen molar-refractivity contribution < 1.29 is 4.79 Å². The summed E-state index contributed by atoms with van der Waals surface area (Å²) in [6, 6.07) is 0. The van der Waals surface area contributed by atoms with Gasteiger partial charge in [-0.25, -0.2) is 0 Å². The second kappa shape index (κ2) is 5.50. The Bertz CT molecular complexity index is 210. The molecule has 1 amide bonds. The second-order valence-electron chi connectivity index (χ2n) is 4.92. The molecule has 0 heterocycles. The Morgan fingerprint density at radius 2 is 2.07 bits per heavy atom. The Labute approximate surface area is 92.8 Å². The van der Waals surface area contributed by atoms with Crippen molar-refractivity contribution in [3.05, 3.63) is 0 Å². The molecule has 3 N–H and O–H groups in total. The zero-order valence-electron chi connectivity index (χ0n) is 10.0. The Balaban J connectivity index is 2.37. The second-order valence-corrected chi connectivity index (χ2v) is 4.92. The summed E-state index contributed by atoms with van der Waals surface area (Å²) >= 11 is 0. The average Bonchev–Trinajstić information content (AvgIpc) is 2.74. The van der Waals surface area contributed by atoms with Crippen LogP contribution in [0.25, 0.3) is 0 Å². The van der Waals surface area contributed by atoms with E-state index in [1.807, 2.05) is 6.92 Å². The topological polar surface area (TPSA) is 55.1 Å². The van der Waals surface area contributed by atoms with Crippen molar-refractivity contribution in [2.24, 2.45) is 17.1 Å². The Morgan fingerprint density at radius 3 is 2.53 bits per heavy atom. The largest absolute Gasteiger partial charge is 0.355 e. The van der Waals surface area contributed by atoms with Gasteiger partial charge in [0.15, 0.2) is 0 Å². The molecular formula is C12H24N2O. The molecule has 0 aromatic heterocycles. The van der Waals surface area contributed by atoms with Gasteiger partial charge in [0, 0.05) is 19.0 Å². The molecule has 1 unspecified atom stereocenters. The summed E-state index contributed by atoms with van der Waals surface area (Å²) in [7, 11) is 0. The summed E-state index contributed by atoms with van der Waals surface area (Å²) in [5, 5.41) is 3.05. The molecule has 0 radical (unpaired) electrons. The zero-order valence-corrected chi connectivity index (χ0v) is 10.0. The van der Waals surface area contributed by atoms with Gasteiger partial charge < -0.3 is 11.1 Å². The molecule has 1 saturated carbocycles. The summed E-state index contributed by atoms with van der Waals surface area (Å²) in [5.41, 5.74) is 5.84. The monoisotopic (exact) mass is 212 g/mol. The molecule has 88 valence electrons. The molecule has 0 spiro atoms. The van der Waals surface area contributed by atoms with Crippen LogP contribution in [-0.2, 0) is 4.79 Å². The van der Waals surface area contributed by atoms with Gasteiger partial charge in [0.2, 0.25) is 5.91 Å². The first-order chi connectivity index (χ1) is 7.13. The maximum absolute atomic E-state index is 11.6. The van der Waals surface area contributed by atoms with E-state index >= 15 is 0 Å². The molecule has 3 heteroatoms. The summed E-state index contributed by atoms with van der Waals surface area (Å²) in [4.78, 5) is 11.6. The van der Waals surface area contributed by atoms with Crippen molar-refractivity contribution in [2.45, 2.75) is 46.0 Å². The third-order valence-corrected chi connectivity index (χ3v) is 3.85. The van der Waals surface area contributed by atoms with Crippen molar-refractivity contribution in [3.63, 3.8) is 0 Å². The molecule has 0 aromatic rings. The van der Waals surface area contributed by atoms with Gasteiger partial charge >= 0.3 is 0 Å². The van der Waals surface area contributed by atoms with Gasteiger partial charge in [0.25, 0.3) is 0 Å². The SMILES string of the molecule is CCC1(CNC(=O)C(C)CN)CCCC1. The van der Waals surface area contributed by atoms with Crippen LogP contribution in [0, 0.1) is 11.3 Å². The van der Waals surface area contributed by atoms with Gasteiger partial charge in [-0.05, 0) is 24.7 Å². The van der Waals surface area contributed by atoms with Crippen LogP contribution in [-0.4, -0.2) is 19.0 Å². The van der Waals surface area contributed by atoms with Gasteiger partial charge in [0.1, 0.15) is 0 Å². The zero-order chi connectivity index (χ0) is 11.3. The van der Waals surface area contributed by atoms with E-state index in [1.165, 1.54) is 32.1 Å². The fourth-order valence-electron chi connectivity index (χ4n) is 2.34. The molecule has 0 bridgehead atoms. The lowest BCUT2D eigenvalue weighted by Gasteiger charge is -2.28. The van der Waals surface area contributed by atoms with Crippen molar-refractivity contribution in [1.29, 1.82) is 0 Å². The number of hydrogen-bond acceptors (Lipinski definition) is 2. The fourth-order valence-corrected chi connectivity index (χ4v) is 2.34. The Morgan fingerprint density at radius 1 is 1.47 bits per heavy atom. The molecule has 1 fully saturated rings. The normalized spacial score (nSPS) is 21.3.